The zero-order valence-electron chi connectivity index (χ0n) is 9.71. The molecule has 0 aliphatic carbocycles. The van der Waals surface area contributed by atoms with E-state index in [1.54, 1.807) is 24.3 Å². The molecule has 2 aromatic carbocycles. The van der Waals surface area contributed by atoms with Gasteiger partial charge < -0.3 is 15.8 Å². The number of anilines is 3. The van der Waals surface area contributed by atoms with Gasteiger partial charge in [0.25, 0.3) is 0 Å². The second kappa shape index (κ2) is 5.14. The molecule has 0 unspecified atom stereocenters. The number of benzene rings is 2. The molecule has 94 valence electrons. The predicted molar refractivity (Wildman–Crippen MR) is 72.1 cm³/mol. The number of methoxy groups -OCH3 is 1. The molecule has 5 heteroatoms. The minimum Gasteiger partial charge on any atom is -0.495 e. The molecule has 2 aromatic rings. The summed E-state index contributed by atoms with van der Waals surface area (Å²) in [6.45, 7) is 0. The van der Waals surface area contributed by atoms with E-state index in [2.05, 4.69) is 5.32 Å². The normalized spacial score (nSPS) is 10.2. The largest absolute Gasteiger partial charge is 0.495 e. The third-order valence-electron chi connectivity index (χ3n) is 2.48. The molecule has 0 amide bonds. The van der Waals surface area contributed by atoms with Crippen molar-refractivity contribution >= 4 is 28.7 Å². The topological polar surface area (TPSA) is 47.3 Å². The first-order chi connectivity index (χ1) is 8.61. The Labute approximate surface area is 109 Å². The van der Waals surface area contributed by atoms with Gasteiger partial charge in [-0.3, -0.25) is 0 Å². The van der Waals surface area contributed by atoms with Crippen LogP contribution in [-0.4, -0.2) is 7.11 Å². The standard InChI is InChI=1S/C13H12ClFN2O/c1-18-12-4-2-3-11(13(12)16)17-8-5-6-9(14)10(15)7-8/h2-7,17H,16H2,1H3. The number of hydrogen-bond acceptors (Lipinski definition) is 3. The highest BCUT2D eigenvalue weighted by Gasteiger charge is 2.06. The summed E-state index contributed by atoms with van der Waals surface area (Å²) in [6, 6.07) is 9.79. The first-order valence-corrected chi connectivity index (χ1v) is 5.64. The van der Waals surface area contributed by atoms with Crippen molar-refractivity contribution < 1.29 is 9.13 Å². The van der Waals surface area contributed by atoms with Crippen LogP contribution in [0.1, 0.15) is 0 Å². The molecule has 0 radical (unpaired) electrons. The van der Waals surface area contributed by atoms with Gasteiger partial charge in [0, 0.05) is 5.69 Å². The molecule has 0 aromatic heterocycles. The van der Waals surface area contributed by atoms with Crippen molar-refractivity contribution in [3.05, 3.63) is 47.2 Å². The van der Waals surface area contributed by atoms with Crippen molar-refractivity contribution in [1.82, 2.24) is 0 Å². The Hall–Kier alpha value is -1.94. The molecule has 0 saturated carbocycles. The molecule has 0 bridgehead atoms. The quantitative estimate of drug-likeness (QED) is 0.831. The molecule has 18 heavy (non-hydrogen) atoms. The number of ether oxygens (including phenoxy) is 1. The van der Waals surface area contributed by atoms with Crippen LogP contribution in [-0.2, 0) is 0 Å². The maximum atomic E-state index is 13.3. The molecule has 2 rings (SSSR count). The van der Waals surface area contributed by atoms with E-state index < -0.39 is 5.82 Å². The van der Waals surface area contributed by atoms with Crippen LogP contribution in [0.3, 0.4) is 0 Å². The first kappa shape index (κ1) is 12.5. The SMILES string of the molecule is COc1cccc(Nc2ccc(Cl)c(F)c2)c1N. The molecule has 0 atom stereocenters. The van der Waals surface area contributed by atoms with Crippen LogP contribution in [0.4, 0.5) is 21.5 Å². The van der Waals surface area contributed by atoms with Crippen molar-refractivity contribution in [3.8, 4) is 5.75 Å². The van der Waals surface area contributed by atoms with E-state index in [1.165, 1.54) is 19.2 Å². The maximum Gasteiger partial charge on any atom is 0.143 e. The number of para-hydroxylation sites is 1. The van der Waals surface area contributed by atoms with Gasteiger partial charge in [0.2, 0.25) is 0 Å². The van der Waals surface area contributed by atoms with Gasteiger partial charge in [-0.2, -0.15) is 0 Å². The van der Waals surface area contributed by atoms with E-state index in [9.17, 15) is 4.39 Å². The van der Waals surface area contributed by atoms with Gasteiger partial charge >= 0.3 is 0 Å². The van der Waals surface area contributed by atoms with E-state index in [0.717, 1.165) is 0 Å². The Balaban J connectivity index is 2.31. The summed E-state index contributed by atoms with van der Waals surface area (Å²) in [4.78, 5) is 0. The molecular formula is C13H12ClFN2O. The Kier molecular flexibility index (Phi) is 3.58. The number of hydrogen-bond donors (Lipinski definition) is 2. The van der Waals surface area contributed by atoms with Gasteiger partial charge in [0.05, 0.1) is 23.5 Å². The second-order valence-corrected chi connectivity index (χ2v) is 4.08. The number of nitrogens with one attached hydrogen (secondary N) is 1. The minimum absolute atomic E-state index is 0.0826. The molecule has 0 heterocycles. The van der Waals surface area contributed by atoms with Crippen LogP contribution in [0.2, 0.25) is 5.02 Å². The van der Waals surface area contributed by atoms with Crippen molar-refractivity contribution in [2.75, 3.05) is 18.2 Å². The monoisotopic (exact) mass is 266 g/mol. The highest BCUT2D eigenvalue weighted by Crippen LogP contribution is 2.31. The van der Waals surface area contributed by atoms with E-state index in [4.69, 9.17) is 22.1 Å². The highest BCUT2D eigenvalue weighted by atomic mass is 35.5. The van der Waals surface area contributed by atoms with Crippen LogP contribution in [0.5, 0.6) is 5.75 Å². The number of nitrogens with two attached hydrogens (primary N) is 1. The summed E-state index contributed by atoms with van der Waals surface area (Å²) < 4.78 is 18.4. The molecule has 0 spiro atoms. The average molecular weight is 267 g/mol. The molecular weight excluding hydrogens is 255 g/mol. The fourth-order valence-corrected chi connectivity index (χ4v) is 1.68. The van der Waals surface area contributed by atoms with Crippen LogP contribution in [0.25, 0.3) is 0 Å². The molecule has 3 nitrogen and oxygen atoms in total. The van der Waals surface area contributed by atoms with Crippen LogP contribution in [0.15, 0.2) is 36.4 Å². The fourth-order valence-electron chi connectivity index (χ4n) is 1.56. The van der Waals surface area contributed by atoms with E-state index in [1.807, 2.05) is 0 Å². The Morgan fingerprint density at radius 2 is 2.06 bits per heavy atom. The van der Waals surface area contributed by atoms with Gasteiger partial charge in [-0.25, -0.2) is 4.39 Å². The van der Waals surface area contributed by atoms with Crippen LogP contribution >= 0.6 is 11.6 Å². The molecule has 0 saturated heterocycles. The lowest BCUT2D eigenvalue weighted by molar-refractivity contribution is 0.417. The Morgan fingerprint density at radius 1 is 1.28 bits per heavy atom. The van der Waals surface area contributed by atoms with Crippen molar-refractivity contribution in [3.63, 3.8) is 0 Å². The zero-order valence-corrected chi connectivity index (χ0v) is 10.5. The van der Waals surface area contributed by atoms with Crippen molar-refractivity contribution in [1.29, 1.82) is 0 Å². The molecule has 0 aliphatic rings. The lowest BCUT2D eigenvalue weighted by Crippen LogP contribution is -1.99. The summed E-state index contributed by atoms with van der Waals surface area (Å²) in [5.41, 5.74) is 7.59. The summed E-state index contributed by atoms with van der Waals surface area (Å²) in [6.07, 6.45) is 0. The van der Waals surface area contributed by atoms with E-state index >= 15 is 0 Å². The second-order valence-electron chi connectivity index (χ2n) is 3.68. The van der Waals surface area contributed by atoms with Crippen molar-refractivity contribution in [2.24, 2.45) is 0 Å². The smallest absolute Gasteiger partial charge is 0.143 e. The lowest BCUT2D eigenvalue weighted by atomic mass is 10.2. The fraction of sp³-hybridized carbons (Fsp3) is 0.0769. The summed E-state index contributed by atoms with van der Waals surface area (Å²) >= 11 is 5.62. The maximum absolute atomic E-state index is 13.3. The Bertz CT molecular complexity index is 575. The van der Waals surface area contributed by atoms with Crippen LogP contribution in [0, 0.1) is 5.82 Å². The summed E-state index contributed by atoms with van der Waals surface area (Å²) in [5, 5.41) is 3.09. The van der Waals surface area contributed by atoms with E-state index in [0.29, 0.717) is 22.8 Å². The van der Waals surface area contributed by atoms with Crippen molar-refractivity contribution in [2.45, 2.75) is 0 Å². The Morgan fingerprint density at radius 3 is 2.72 bits per heavy atom. The predicted octanol–water partition coefficient (Wildman–Crippen LogP) is 3.81. The summed E-state index contributed by atoms with van der Waals surface area (Å²) in [5.74, 6) is 0.0811. The summed E-state index contributed by atoms with van der Waals surface area (Å²) in [7, 11) is 1.54. The lowest BCUT2D eigenvalue weighted by Gasteiger charge is -2.12. The number of halogens is 2. The van der Waals surface area contributed by atoms with E-state index in [-0.39, 0.29) is 5.02 Å². The third-order valence-corrected chi connectivity index (χ3v) is 2.79. The third kappa shape index (κ3) is 2.49. The van der Waals surface area contributed by atoms with Crippen LogP contribution < -0.4 is 15.8 Å². The average Bonchev–Trinajstić information content (AvgIpc) is 2.36. The first-order valence-electron chi connectivity index (χ1n) is 5.26. The molecule has 0 fully saturated rings. The number of nitrogen functional groups attached to an aromatic ring is 1. The van der Waals surface area contributed by atoms with Gasteiger partial charge in [0.1, 0.15) is 11.6 Å². The molecule has 3 N–H and O–H groups in total. The van der Waals surface area contributed by atoms with Gasteiger partial charge in [-0.1, -0.05) is 17.7 Å². The minimum atomic E-state index is -0.483. The molecule has 0 aliphatic heterocycles. The van der Waals surface area contributed by atoms with Gasteiger partial charge in [-0.15, -0.1) is 0 Å². The van der Waals surface area contributed by atoms with Gasteiger partial charge in [-0.05, 0) is 30.3 Å². The van der Waals surface area contributed by atoms with Gasteiger partial charge in [0.15, 0.2) is 0 Å². The zero-order chi connectivity index (χ0) is 13.1. The highest BCUT2D eigenvalue weighted by molar-refractivity contribution is 6.30. The number of rotatable bonds is 3.